The van der Waals surface area contributed by atoms with Crippen LogP contribution in [0.5, 0.6) is 0 Å². The molecule has 14 heavy (non-hydrogen) atoms. The second-order valence-electron chi connectivity index (χ2n) is 2.74. The van der Waals surface area contributed by atoms with Gasteiger partial charge in [-0.25, -0.2) is 4.73 Å². The van der Waals surface area contributed by atoms with Crippen LogP contribution in [-0.2, 0) is 0 Å². The van der Waals surface area contributed by atoms with Gasteiger partial charge in [0.05, 0.1) is 7.05 Å². The van der Waals surface area contributed by atoms with Gasteiger partial charge in [0.15, 0.2) is 0 Å². The lowest BCUT2D eigenvalue weighted by Gasteiger charge is -2.00. The third kappa shape index (κ3) is 0.889. The highest BCUT2D eigenvalue weighted by Crippen LogP contribution is 2.25. The lowest BCUT2D eigenvalue weighted by molar-refractivity contribution is -0.570. The molecule has 0 fully saturated rings. The molecule has 2 heterocycles. The largest absolute Gasteiger partial charge is 0.737 e. The Hall–Kier alpha value is -2.05. The number of nitrogens with zero attached hydrogens (tertiary/aromatic N) is 2. The van der Waals surface area contributed by atoms with Gasteiger partial charge in [0.2, 0.25) is 5.58 Å². The highest BCUT2D eigenvalue weighted by molar-refractivity contribution is 5.83. The number of fused-ring (bicyclic) bond motifs is 1. The summed E-state index contributed by atoms with van der Waals surface area (Å²) >= 11 is 0. The number of anilines is 2. The summed E-state index contributed by atoms with van der Waals surface area (Å²) in [5.74, 6) is 0. The van der Waals surface area contributed by atoms with E-state index in [1.165, 1.54) is 6.20 Å². The first kappa shape index (κ1) is 8.54. The average molecular weight is 198 g/mol. The standard InChI is InChI=1S/C7H10N4O3/c1-8-4-3-10(12)6-5(4)14-7(9-2)11(6)13/h3,8-9,12H,1-2H3. The van der Waals surface area contributed by atoms with Crippen molar-refractivity contribution >= 4 is 22.9 Å². The van der Waals surface area contributed by atoms with Gasteiger partial charge in [-0.05, 0) is 0 Å². The van der Waals surface area contributed by atoms with E-state index in [9.17, 15) is 10.4 Å². The average Bonchev–Trinajstić information content (AvgIpc) is 2.66. The van der Waals surface area contributed by atoms with Crippen LogP contribution in [0.2, 0.25) is 0 Å². The van der Waals surface area contributed by atoms with E-state index >= 15 is 0 Å². The Morgan fingerprint density at radius 1 is 1.50 bits per heavy atom. The predicted molar refractivity (Wildman–Crippen MR) is 49.4 cm³/mol. The number of rotatable bonds is 2. The van der Waals surface area contributed by atoms with Gasteiger partial charge in [-0.1, -0.05) is 4.73 Å². The van der Waals surface area contributed by atoms with Gasteiger partial charge in [0.1, 0.15) is 11.9 Å². The molecule has 0 atom stereocenters. The van der Waals surface area contributed by atoms with E-state index in [2.05, 4.69) is 10.6 Å². The molecule has 2 rings (SSSR count). The van der Waals surface area contributed by atoms with Gasteiger partial charge in [0, 0.05) is 7.05 Å². The number of hydrogen-bond acceptors (Lipinski definition) is 5. The van der Waals surface area contributed by atoms with Crippen LogP contribution in [0.3, 0.4) is 0 Å². The minimum Gasteiger partial charge on any atom is -0.737 e. The van der Waals surface area contributed by atoms with Crippen molar-refractivity contribution in [2.75, 3.05) is 24.7 Å². The molecule has 0 bridgehead atoms. The maximum absolute atomic E-state index is 11.5. The Bertz CT molecular complexity index is 473. The van der Waals surface area contributed by atoms with Gasteiger partial charge < -0.3 is 20.1 Å². The van der Waals surface area contributed by atoms with E-state index in [1.54, 1.807) is 14.1 Å². The zero-order valence-electron chi connectivity index (χ0n) is 7.74. The third-order valence-electron chi connectivity index (χ3n) is 1.97. The predicted octanol–water partition coefficient (Wildman–Crippen LogP) is 0.188. The van der Waals surface area contributed by atoms with Crippen molar-refractivity contribution in [3.8, 4) is 0 Å². The van der Waals surface area contributed by atoms with Crippen LogP contribution in [0.15, 0.2) is 10.6 Å². The van der Waals surface area contributed by atoms with Gasteiger partial charge in [-0.15, -0.1) is 0 Å². The zero-order valence-corrected chi connectivity index (χ0v) is 7.74. The molecule has 0 unspecified atom stereocenters. The van der Waals surface area contributed by atoms with Crippen LogP contribution in [0.4, 0.5) is 11.7 Å². The van der Waals surface area contributed by atoms with Crippen LogP contribution < -0.4 is 15.4 Å². The fourth-order valence-electron chi connectivity index (χ4n) is 1.32. The lowest BCUT2D eigenvalue weighted by Crippen LogP contribution is -2.29. The summed E-state index contributed by atoms with van der Waals surface area (Å²) in [5, 5.41) is 26.2. The Labute approximate surface area is 79.1 Å². The Morgan fingerprint density at radius 3 is 2.79 bits per heavy atom. The molecule has 0 radical (unpaired) electrons. The Morgan fingerprint density at radius 2 is 2.21 bits per heavy atom. The molecule has 0 aliphatic carbocycles. The van der Waals surface area contributed by atoms with Crippen LogP contribution in [0.25, 0.3) is 11.2 Å². The van der Waals surface area contributed by atoms with Gasteiger partial charge in [-0.3, -0.25) is 5.32 Å². The van der Waals surface area contributed by atoms with Crippen LogP contribution in [0.1, 0.15) is 0 Å². The molecule has 0 aliphatic rings. The zero-order chi connectivity index (χ0) is 10.3. The molecule has 0 saturated carbocycles. The summed E-state index contributed by atoms with van der Waals surface area (Å²) < 4.78 is 6.39. The summed E-state index contributed by atoms with van der Waals surface area (Å²) in [5.41, 5.74) is 0.918. The second-order valence-corrected chi connectivity index (χ2v) is 2.74. The molecule has 2 aromatic heterocycles. The highest BCUT2D eigenvalue weighted by Gasteiger charge is 2.22. The fraction of sp³-hybridized carbons (Fsp3) is 0.286. The number of oxazole rings is 1. The Balaban J connectivity index is 2.78. The SMILES string of the molecule is CNc1cn(O)c2c1oc(NC)[n+]2[O-]. The van der Waals surface area contributed by atoms with Gasteiger partial charge in [0.25, 0.3) is 0 Å². The van der Waals surface area contributed by atoms with Crippen molar-refractivity contribution in [2.45, 2.75) is 0 Å². The molecule has 7 nitrogen and oxygen atoms in total. The molecule has 0 saturated heterocycles. The molecule has 0 spiro atoms. The molecule has 7 heteroatoms. The molecule has 3 N–H and O–H groups in total. The topological polar surface area (TPSA) is 89.3 Å². The summed E-state index contributed by atoms with van der Waals surface area (Å²) in [6, 6.07) is 0.0369. The maximum atomic E-state index is 11.5. The molecule has 2 aromatic rings. The summed E-state index contributed by atoms with van der Waals surface area (Å²) in [4.78, 5) is 0. The number of aromatic nitrogens is 2. The quantitative estimate of drug-likeness (QED) is 0.364. The van der Waals surface area contributed by atoms with Crippen molar-refractivity contribution in [3.63, 3.8) is 0 Å². The highest BCUT2D eigenvalue weighted by atomic mass is 16.5. The third-order valence-corrected chi connectivity index (χ3v) is 1.97. The van der Waals surface area contributed by atoms with E-state index in [-0.39, 0.29) is 11.7 Å². The molecule has 76 valence electrons. The summed E-state index contributed by atoms with van der Waals surface area (Å²) in [6.07, 6.45) is 1.36. The Kier molecular flexibility index (Phi) is 1.66. The van der Waals surface area contributed by atoms with E-state index in [0.29, 0.717) is 16.0 Å². The lowest BCUT2D eigenvalue weighted by atomic mass is 10.5. The van der Waals surface area contributed by atoms with E-state index in [4.69, 9.17) is 4.42 Å². The van der Waals surface area contributed by atoms with Crippen molar-refractivity contribution in [2.24, 2.45) is 0 Å². The fourth-order valence-corrected chi connectivity index (χ4v) is 1.32. The smallest absolute Gasteiger partial charge is 0.398 e. The first-order valence-electron chi connectivity index (χ1n) is 4.01. The first-order valence-corrected chi connectivity index (χ1v) is 4.01. The van der Waals surface area contributed by atoms with Crippen LogP contribution >= 0.6 is 0 Å². The molecule has 0 aliphatic heterocycles. The molecule has 0 aromatic carbocycles. The molecule has 0 amide bonds. The van der Waals surface area contributed by atoms with Crippen molar-refractivity contribution in [1.82, 2.24) is 4.73 Å². The van der Waals surface area contributed by atoms with Crippen molar-refractivity contribution in [3.05, 3.63) is 11.4 Å². The van der Waals surface area contributed by atoms with Crippen molar-refractivity contribution in [1.29, 1.82) is 0 Å². The van der Waals surface area contributed by atoms with E-state index < -0.39 is 0 Å². The van der Waals surface area contributed by atoms with Crippen molar-refractivity contribution < 1.29 is 14.4 Å². The number of nitrogens with one attached hydrogen (secondary N) is 2. The first-order chi connectivity index (χ1) is 6.69. The van der Waals surface area contributed by atoms with Gasteiger partial charge in [-0.2, -0.15) is 0 Å². The van der Waals surface area contributed by atoms with E-state index in [0.717, 1.165) is 4.73 Å². The normalized spacial score (nSPS) is 10.7. The van der Waals surface area contributed by atoms with E-state index in [1.807, 2.05) is 0 Å². The minimum atomic E-state index is 0.0369. The van der Waals surface area contributed by atoms with Crippen LogP contribution in [0, 0.1) is 5.21 Å². The summed E-state index contributed by atoms with van der Waals surface area (Å²) in [7, 11) is 3.23. The second kappa shape index (κ2) is 2.72. The monoisotopic (exact) mass is 198 g/mol. The molecular weight excluding hydrogens is 188 g/mol. The molecular formula is C7H10N4O3. The minimum absolute atomic E-state index is 0.0369. The van der Waals surface area contributed by atoms with Gasteiger partial charge >= 0.3 is 11.7 Å². The van der Waals surface area contributed by atoms with Crippen LogP contribution in [-0.4, -0.2) is 24.0 Å². The number of hydrogen-bond donors (Lipinski definition) is 3. The summed E-state index contributed by atoms with van der Waals surface area (Å²) in [6.45, 7) is 0. The maximum Gasteiger partial charge on any atom is 0.398 e.